The highest BCUT2D eigenvalue weighted by Crippen LogP contribution is 2.39. The lowest BCUT2D eigenvalue weighted by atomic mass is 9.71. The molecule has 0 spiro atoms. The second kappa shape index (κ2) is 8.04. The van der Waals surface area contributed by atoms with Crippen LogP contribution in [0.4, 0.5) is 0 Å². The largest absolute Gasteiger partial charge is 0.374 e. The van der Waals surface area contributed by atoms with Gasteiger partial charge in [-0.1, -0.05) is 40.5 Å². The minimum Gasteiger partial charge on any atom is -0.374 e. The zero-order valence-electron chi connectivity index (χ0n) is 13.3. The molecule has 1 unspecified atom stereocenters. The standard InChI is InChI=1S/C17H32O2/c1-14(2)7-8-16(18)13-19-11-9-15-6-5-10-17(3,4)12-15/h14-15H,5-13H2,1-4H3. The van der Waals surface area contributed by atoms with E-state index in [1.165, 1.54) is 25.7 Å². The molecule has 112 valence electrons. The van der Waals surface area contributed by atoms with Crippen molar-refractivity contribution in [1.29, 1.82) is 0 Å². The van der Waals surface area contributed by atoms with Gasteiger partial charge in [0.2, 0.25) is 0 Å². The highest BCUT2D eigenvalue weighted by molar-refractivity contribution is 5.79. The maximum atomic E-state index is 11.6. The molecule has 1 fully saturated rings. The third-order valence-electron chi connectivity index (χ3n) is 4.24. The molecule has 0 aromatic carbocycles. The highest BCUT2D eigenvalue weighted by atomic mass is 16.5. The Kier molecular flexibility index (Phi) is 7.06. The number of hydrogen-bond acceptors (Lipinski definition) is 2. The molecule has 1 aliphatic rings. The summed E-state index contributed by atoms with van der Waals surface area (Å²) in [6, 6.07) is 0. The molecule has 0 aromatic rings. The Labute approximate surface area is 119 Å². The van der Waals surface area contributed by atoms with Crippen molar-refractivity contribution in [1.82, 2.24) is 0 Å². The van der Waals surface area contributed by atoms with Crippen molar-refractivity contribution < 1.29 is 9.53 Å². The van der Waals surface area contributed by atoms with Crippen molar-refractivity contribution >= 4 is 5.78 Å². The van der Waals surface area contributed by atoms with E-state index in [1.807, 2.05) is 0 Å². The number of Topliss-reactive ketones (excluding diaryl/α,β-unsaturated/α-hetero) is 1. The number of ketones is 1. The number of carbonyl (C=O) groups is 1. The quantitative estimate of drug-likeness (QED) is 0.601. The molecule has 1 aliphatic carbocycles. The van der Waals surface area contributed by atoms with E-state index in [1.54, 1.807) is 0 Å². The molecule has 0 radical (unpaired) electrons. The fraction of sp³-hybridized carbons (Fsp3) is 0.941. The van der Waals surface area contributed by atoms with Crippen LogP contribution < -0.4 is 0 Å². The van der Waals surface area contributed by atoms with E-state index in [9.17, 15) is 4.79 Å². The first-order valence-corrected chi connectivity index (χ1v) is 7.98. The summed E-state index contributed by atoms with van der Waals surface area (Å²) in [7, 11) is 0. The molecule has 0 saturated heterocycles. The Hall–Kier alpha value is -0.370. The Balaban J connectivity index is 2.06. The average molecular weight is 268 g/mol. The van der Waals surface area contributed by atoms with Crippen LogP contribution in [-0.2, 0) is 9.53 Å². The van der Waals surface area contributed by atoms with E-state index < -0.39 is 0 Å². The summed E-state index contributed by atoms with van der Waals surface area (Å²) < 4.78 is 5.55. The van der Waals surface area contributed by atoms with E-state index in [0.29, 0.717) is 24.4 Å². The zero-order valence-corrected chi connectivity index (χ0v) is 13.3. The van der Waals surface area contributed by atoms with E-state index in [2.05, 4.69) is 27.7 Å². The van der Waals surface area contributed by atoms with Gasteiger partial charge >= 0.3 is 0 Å². The molecule has 2 heteroatoms. The first-order valence-electron chi connectivity index (χ1n) is 7.98. The van der Waals surface area contributed by atoms with Crippen LogP contribution in [0.1, 0.15) is 72.6 Å². The summed E-state index contributed by atoms with van der Waals surface area (Å²) in [5.41, 5.74) is 0.510. The maximum Gasteiger partial charge on any atom is 0.158 e. The van der Waals surface area contributed by atoms with Gasteiger partial charge < -0.3 is 4.74 Å². The molecular formula is C17H32O2. The summed E-state index contributed by atoms with van der Waals surface area (Å²) in [6.07, 6.45) is 8.16. The third kappa shape index (κ3) is 7.71. The van der Waals surface area contributed by atoms with Gasteiger partial charge in [-0.15, -0.1) is 0 Å². The summed E-state index contributed by atoms with van der Waals surface area (Å²) in [5, 5.41) is 0. The van der Waals surface area contributed by atoms with Crippen molar-refractivity contribution in [3.8, 4) is 0 Å². The molecule has 0 heterocycles. The smallest absolute Gasteiger partial charge is 0.158 e. The van der Waals surface area contributed by atoms with Crippen LogP contribution in [0.5, 0.6) is 0 Å². The Morgan fingerprint density at radius 2 is 2.11 bits per heavy atom. The van der Waals surface area contributed by atoms with Crippen molar-refractivity contribution in [2.24, 2.45) is 17.3 Å². The zero-order chi connectivity index (χ0) is 14.3. The van der Waals surface area contributed by atoms with Crippen LogP contribution in [0, 0.1) is 17.3 Å². The van der Waals surface area contributed by atoms with Gasteiger partial charge in [0.1, 0.15) is 6.61 Å². The van der Waals surface area contributed by atoms with E-state index in [0.717, 1.165) is 25.4 Å². The second-order valence-electron chi connectivity index (χ2n) is 7.44. The van der Waals surface area contributed by atoms with Crippen molar-refractivity contribution in [3.05, 3.63) is 0 Å². The van der Waals surface area contributed by atoms with Gasteiger partial charge in [0.25, 0.3) is 0 Å². The fourth-order valence-corrected chi connectivity index (χ4v) is 3.06. The Bertz CT molecular complexity index is 268. The van der Waals surface area contributed by atoms with E-state index >= 15 is 0 Å². The van der Waals surface area contributed by atoms with Gasteiger partial charge in [-0.2, -0.15) is 0 Å². The number of rotatable bonds is 8. The van der Waals surface area contributed by atoms with Gasteiger partial charge in [0, 0.05) is 13.0 Å². The van der Waals surface area contributed by atoms with E-state index in [-0.39, 0.29) is 5.78 Å². The molecule has 1 saturated carbocycles. The van der Waals surface area contributed by atoms with E-state index in [4.69, 9.17) is 4.74 Å². The molecular weight excluding hydrogens is 236 g/mol. The molecule has 0 aromatic heterocycles. The lowest BCUT2D eigenvalue weighted by Crippen LogP contribution is -2.23. The van der Waals surface area contributed by atoms with Crippen molar-refractivity contribution in [2.45, 2.75) is 72.6 Å². The molecule has 19 heavy (non-hydrogen) atoms. The summed E-state index contributed by atoms with van der Waals surface area (Å²) in [5.74, 6) is 1.67. The molecule has 2 nitrogen and oxygen atoms in total. The second-order valence-corrected chi connectivity index (χ2v) is 7.44. The molecule has 0 aliphatic heterocycles. The van der Waals surface area contributed by atoms with Crippen LogP contribution in [-0.4, -0.2) is 19.0 Å². The first-order chi connectivity index (χ1) is 8.89. The lowest BCUT2D eigenvalue weighted by Gasteiger charge is -2.35. The van der Waals surface area contributed by atoms with Gasteiger partial charge in [-0.05, 0) is 42.9 Å². The van der Waals surface area contributed by atoms with Crippen molar-refractivity contribution in [2.75, 3.05) is 13.2 Å². The van der Waals surface area contributed by atoms with Gasteiger partial charge in [0.15, 0.2) is 5.78 Å². The van der Waals surface area contributed by atoms with Gasteiger partial charge in [0.05, 0.1) is 0 Å². The first kappa shape index (κ1) is 16.7. The Morgan fingerprint density at radius 1 is 1.37 bits per heavy atom. The summed E-state index contributed by atoms with van der Waals surface area (Å²) in [6.45, 7) is 10.1. The minimum absolute atomic E-state index is 0.262. The summed E-state index contributed by atoms with van der Waals surface area (Å²) in [4.78, 5) is 11.6. The molecule has 0 amide bonds. The highest BCUT2D eigenvalue weighted by Gasteiger charge is 2.27. The topological polar surface area (TPSA) is 26.3 Å². The van der Waals surface area contributed by atoms with Gasteiger partial charge in [-0.3, -0.25) is 4.79 Å². The number of hydrogen-bond donors (Lipinski definition) is 0. The van der Waals surface area contributed by atoms with Crippen LogP contribution in [0.25, 0.3) is 0 Å². The molecule has 1 atom stereocenters. The molecule has 0 N–H and O–H groups in total. The molecule has 1 rings (SSSR count). The fourth-order valence-electron chi connectivity index (χ4n) is 3.06. The minimum atomic E-state index is 0.262. The van der Waals surface area contributed by atoms with Gasteiger partial charge in [-0.25, -0.2) is 0 Å². The lowest BCUT2D eigenvalue weighted by molar-refractivity contribution is -0.124. The SMILES string of the molecule is CC(C)CCC(=O)COCCC1CCCC(C)(C)C1. The van der Waals surface area contributed by atoms with Crippen LogP contribution in [0.3, 0.4) is 0 Å². The normalized spacial score (nSPS) is 22.7. The maximum absolute atomic E-state index is 11.6. The van der Waals surface area contributed by atoms with Crippen LogP contribution in [0.2, 0.25) is 0 Å². The predicted octanol–water partition coefficient (Wildman–Crippen LogP) is 4.61. The molecule has 0 bridgehead atoms. The van der Waals surface area contributed by atoms with Crippen LogP contribution in [0.15, 0.2) is 0 Å². The number of ether oxygens (including phenoxy) is 1. The van der Waals surface area contributed by atoms with Crippen molar-refractivity contribution in [3.63, 3.8) is 0 Å². The average Bonchev–Trinajstić information content (AvgIpc) is 2.31. The van der Waals surface area contributed by atoms with Crippen LogP contribution >= 0.6 is 0 Å². The predicted molar refractivity (Wildman–Crippen MR) is 80.3 cm³/mol. The number of carbonyl (C=O) groups excluding carboxylic acids is 1. The summed E-state index contributed by atoms with van der Waals surface area (Å²) >= 11 is 0. The Morgan fingerprint density at radius 3 is 2.74 bits per heavy atom. The monoisotopic (exact) mass is 268 g/mol. The third-order valence-corrected chi connectivity index (χ3v) is 4.24.